The first-order chi connectivity index (χ1) is 15.8. The summed E-state index contributed by atoms with van der Waals surface area (Å²) in [6.45, 7) is 3.60. The van der Waals surface area contributed by atoms with Crippen molar-refractivity contribution in [1.29, 1.82) is 0 Å². The normalized spacial score (nSPS) is 14.6. The molecule has 0 aliphatic carbocycles. The summed E-state index contributed by atoms with van der Waals surface area (Å²) in [5, 5.41) is 14.8. The molecule has 33 heavy (non-hydrogen) atoms. The van der Waals surface area contributed by atoms with Crippen LogP contribution in [-0.2, 0) is 22.4 Å². The number of hydrogen-bond acceptors (Lipinski definition) is 6. The number of aromatic nitrogens is 2. The second-order valence-corrected chi connectivity index (χ2v) is 8.60. The third-order valence-corrected chi connectivity index (χ3v) is 5.77. The maximum absolute atomic E-state index is 13.8. The van der Waals surface area contributed by atoms with Crippen LogP contribution in [0.4, 0.5) is 10.2 Å². The van der Waals surface area contributed by atoms with Crippen LogP contribution in [0.15, 0.2) is 24.5 Å². The van der Waals surface area contributed by atoms with Crippen LogP contribution in [-0.4, -0.2) is 52.8 Å². The molecular weight excluding hydrogens is 451 g/mol. The van der Waals surface area contributed by atoms with E-state index in [0.29, 0.717) is 6.61 Å². The lowest BCUT2D eigenvalue weighted by atomic mass is 10.0. The van der Waals surface area contributed by atoms with Gasteiger partial charge in [0.15, 0.2) is 5.82 Å². The molecule has 0 unspecified atom stereocenters. The van der Waals surface area contributed by atoms with E-state index in [4.69, 9.17) is 21.3 Å². The number of ether oxygens (including phenoxy) is 1. The van der Waals surface area contributed by atoms with Crippen LogP contribution in [0.3, 0.4) is 0 Å². The fraction of sp³-hybridized carbons (Fsp3) is 0.478. The third-order valence-electron chi connectivity index (χ3n) is 5.48. The molecule has 0 saturated carbocycles. The van der Waals surface area contributed by atoms with Crippen LogP contribution < -0.4 is 10.6 Å². The highest BCUT2D eigenvalue weighted by Gasteiger charge is 2.24. The molecule has 0 radical (unpaired) electrons. The van der Waals surface area contributed by atoms with Crippen molar-refractivity contribution in [3.8, 4) is 0 Å². The van der Waals surface area contributed by atoms with Gasteiger partial charge in [-0.3, -0.25) is 9.78 Å². The van der Waals surface area contributed by atoms with Gasteiger partial charge in [-0.25, -0.2) is 14.2 Å². The van der Waals surface area contributed by atoms with Crippen LogP contribution in [0, 0.1) is 11.7 Å². The fourth-order valence-electron chi connectivity index (χ4n) is 3.59. The van der Waals surface area contributed by atoms with E-state index in [9.17, 15) is 19.1 Å². The van der Waals surface area contributed by atoms with Crippen molar-refractivity contribution in [2.75, 3.05) is 25.1 Å². The number of carbonyl (C=O) groups is 2. The number of anilines is 1. The Morgan fingerprint density at radius 2 is 2.15 bits per heavy atom. The summed E-state index contributed by atoms with van der Waals surface area (Å²) < 4.78 is 19.5. The zero-order valence-electron chi connectivity index (χ0n) is 18.4. The molecule has 1 amide bonds. The topological polar surface area (TPSA) is 113 Å². The van der Waals surface area contributed by atoms with Gasteiger partial charge in [-0.05, 0) is 43.2 Å². The molecule has 0 bridgehead atoms. The summed E-state index contributed by atoms with van der Waals surface area (Å²) >= 11 is 5.81. The number of carbonyl (C=O) groups excluding carboxylic acids is 1. The number of aliphatic carboxylic acids is 1. The van der Waals surface area contributed by atoms with Gasteiger partial charge in [0.25, 0.3) is 5.91 Å². The molecule has 10 heteroatoms. The lowest BCUT2D eigenvalue weighted by molar-refractivity contribution is -0.139. The van der Waals surface area contributed by atoms with Crippen LogP contribution in [0.2, 0.25) is 5.02 Å². The van der Waals surface area contributed by atoms with Crippen LogP contribution in [0.25, 0.3) is 0 Å². The number of halogens is 2. The molecule has 1 aliphatic rings. The summed E-state index contributed by atoms with van der Waals surface area (Å²) in [4.78, 5) is 32.0. The van der Waals surface area contributed by atoms with Gasteiger partial charge in [-0.15, -0.1) is 0 Å². The Morgan fingerprint density at radius 1 is 1.33 bits per heavy atom. The van der Waals surface area contributed by atoms with E-state index in [1.807, 2.05) is 0 Å². The molecule has 2 aromatic rings. The molecule has 3 N–H and O–H groups in total. The van der Waals surface area contributed by atoms with E-state index in [0.717, 1.165) is 56.1 Å². The number of carboxylic acids is 1. The molecule has 0 saturated heterocycles. The highest BCUT2D eigenvalue weighted by atomic mass is 35.5. The Morgan fingerprint density at radius 3 is 2.91 bits per heavy atom. The smallest absolute Gasteiger partial charge is 0.326 e. The minimum atomic E-state index is -1.24. The molecule has 178 valence electrons. The average molecular weight is 479 g/mol. The van der Waals surface area contributed by atoms with E-state index in [1.165, 1.54) is 5.56 Å². The highest BCUT2D eigenvalue weighted by molar-refractivity contribution is 6.33. The number of nitrogens with zero attached hydrogens (tertiary/aromatic N) is 2. The van der Waals surface area contributed by atoms with Gasteiger partial charge in [0.1, 0.15) is 11.9 Å². The number of amides is 1. The minimum Gasteiger partial charge on any atom is -0.480 e. The maximum Gasteiger partial charge on any atom is 0.326 e. The van der Waals surface area contributed by atoms with E-state index >= 15 is 0 Å². The van der Waals surface area contributed by atoms with E-state index in [-0.39, 0.29) is 24.0 Å². The SMILES string of the molecule is C[C@H](CCc1ccc2c(n1)NCCC2)COCC[C@H](NC(=O)c1c(F)cncc1Cl)C(=O)O. The Balaban J connectivity index is 1.40. The lowest BCUT2D eigenvalue weighted by Crippen LogP contribution is -2.42. The summed E-state index contributed by atoms with van der Waals surface area (Å²) in [5.74, 6) is -1.83. The fourth-order valence-corrected chi connectivity index (χ4v) is 3.82. The third kappa shape index (κ3) is 7.10. The lowest BCUT2D eigenvalue weighted by Gasteiger charge is -2.18. The van der Waals surface area contributed by atoms with Gasteiger partial charge < -0.3 is 20.5 Å². The molecular formula is C23H28ClFN4O4. The Labute approximate surface area is 196 Å². The van der Waals surface area contributed by atoms with Gasteiger partial charge in [0, 0.05) is 38.1 Å². The van der Waals surface area contributed by atoms with Crippen molar-refractivity contribution < 1.29 is 23.8 Å². The van der Waals surface area contributed by atoms with Gasteiger partial charge in [0.2, 0.25) is 0 Å². The zero-order chi connectivity index (χ0) is 23.8. The van der Waals surface area contributed by atoms with Crippen molar-refractivity contribution in [2.24, 2.45) is 5.92 Å². The van der Waals surface area contributed by atoms with Gasteiger partial charge in [-0.1, -0.05) is 24.6 Å². The first kappa shape index (κ1) is 24.9. The first-order valence-corrected chi connectivity index (χ1v) is 11.4. The van der Waals surface area contributed by atoms with E-state index < -0.39 is 29.3 Å². The molecule has 8 nitrogen and oxygen atoms in total. The monoisotopic (exact) mass is 478 g/mol. The Bertz CT molecular complexity index is 971. The van der Waals surface area contributed by atoms with Crippen molar-refractivity contribution in [3.63, 3.8) is 0 Å². The van der Waals surface area contributed by atoms with Crippen LogP contribution >= 0.6 is 11.6 Å². The molecule has 3 heterocycles. The average Bonchev–Trinajstić information content (AvgIpc) is 2.79. The van der Waals surface area contributed by atoms with Crippen LogP contribution in [0.5, 0.6) is 0 Å². The number of nitrogens with one attached hydrogen (secondary N) is 2. The number of fused-ring (bicyclic) bond motifs is 1. The molecule has 0 spiro atoms. The molecule has 0 aromatic carbocycles. The highest BCUT2D eigenvalue weighted by Crippen LogP contribution is 2.21. The quantitative estimate of drug-likeness (QED) is 0.423. The van der Waals surface area contributed by atoms with E-state index in [2.05, 4.69) is 34.7 Å². The van der Waals surface area contributed by atoms with Crippen molar-refractivity contribution in [2.45, 2.75) is 45.1 Å². The number of hydrogen-bond donors (Lipinski definition) is 3. The number of rotatable bonds is 11. The second kappa shape index (κ2) is 11.9. The van der Waals surface area contributed by atoms with Gasteiger partial charge in [0.05, 0.1) is 16.8 Å². The summed E-state index contributed by atoms with van der Waals surface area (Å²) in [6, 6.07) is 2.97. The maximum atomic E-state index is 13.8. The zero-order valence-corrected chi connectivity index (χ0v) is 19.2. The Hall–Kier alpha value is -2.78. The predicted octanol–water partition coefficient (Wildman–Crippen LogP) is 3.49. The van der Waals surface area contributed by atoms with E-state index in [1.54, 1.807) is 0 Å². The van der Waals surface area contributed by atoms with Crippen molar-refractivity contribution in [1.82, 2.24) is 15.3 Å². The Kier molecular flexibility index (Phi) is 8.96. The molecule has 2 atom stereocenters. The number of aryl methyl sites for hydroxylation is 2. The standard InChI is InChI=1S/C23H28ClFN4O4/c1-14(4-6-16-7-5-15-3-2-9-27-21(15)28-16)13-33-10-8-19(23(31)32)29-22(30)20-17(24)11-26-12-18(20)25/h5,7,11-12,14,19H,2-4,6,8-10,13H2,1H3,(H,27,28)(H,29,30)(H,31,32)/t14-,19+/m1/s1. The van der Waals surface area contributed by atoms with Crippen LogP contribution in [0.1, 0.15) is 47.8 Å². The summed E-state index contributed by atoms with van der Waals surface area (Å²) in [6.07, 6.45) is 5.89. The number of carboxylic acid groups (broad SMARTS) is 1. The van der Waals surface area contributed by atoms with Crippen molar-refractivity contribution in [3.05, 3.63) is 52.2 Å². The van der Waals surface area contributed by atoms with Crippen molar-refractivity contribution >= 4 is 29.3 Å². The summed E-state index contributed by atoms with van der Waals surface area (Å²) in [7, 11) is 0. The molecule has 0 fully saturated rings. The largest absolute Gasteiger partial charge is 0.480 e. The predicted molar refractivity (Wildman–Crippen MR) is 122 cm³/mol. The molecule has 1 aliphatic heterocycles. The first-order valence-electron chi connectivity index (χ1n) is 11.0. The molecule has 3 rings (SSSR count). The molecule has 2 aromatic heterocycles. The van der Waals surface area contributed by atoms with Gasteiger partial charge in [-0.2, -0.15) is 0 Å². The minimum absolute atomic E-state index is 0.0379. The second-order valence-electron chi connectivity index (χ2n) is 8.19. The summed E-state index contributed by atoms with van der Waals surface area (Å²) in [5.41, 5.74) is 1.86. The number of pyridine rings is 2. The van der Waals surface area contributed by atoms with Gasteiger partial charge >= 0.3 is 5.97 Å².